The molecular formula is C20H27N3O5. The SMILES string of the molecule is C[C@@H](CN(C)C(=O)CCN1C(=O)c2ccccc2C1=O)NC(=O)OC(C)(C)C. The van der Waals surface area contributed by atoms with Crippen molar-refractivity contribution < 1.29 is 23.9 Å². The van der Waals surface area contributed by atoms with Gasteiger partial charge in [-0.15, -0.1) is 0 Å². The maximum Gasteiger partial charge on any atom is 0.407 e. The van der Waals surface area contributed by atoms with Crippen LogP contribution in [0.15, 0.2) is 24.3 Å². The van der Waals surface area contributed by atoms with Crippen LogP contribution in [0.25, 0.3) is 0 Å². The molecule has 1 N–H and O–H groups in total. The Kier molecular flexibility index (Phi) is 6.43. The summed E-state index contributed by atoms with van der Waals surface area (Å²) >= 11 is 0. The lowest BCUT2D eigenvalue weighted by Gasteiger charge is -2.25. The van der Waals surface area contributed by atoms with Gasteiger partial charge in [-0.3, -0.25) is 19.3 Å². The minimum Gasteiger partial charge on any atom is -0.444 e. The lowest BCUT2D eigenvalue weighted by Crippen LogP contribution is -2.45. The molecule has 0 unspecified atom stereocenters. The van der Waals surface area contributed by atoms with Crippen LogP contribution in [0.5, 0.6) is 0 Å². The van der Waals surface area contributed by atoms with Crippen molar-refractivity contribution in [3.05, 3.63) is 35.4 Å². The number of hydrogen-bond acceptors (Lipinski definition) is 5. The fourth-order valence-electron chi connectivity index (χ4n) is 2.91. The fraction of sp³-hybridized carbons (Fsp3) is 0.500. The van der Waals surface area contributed by atoms with E-state index in [2.05, 4.69) is 5.32 Å². The monoisotopic (exact) mass is 389 g/mol. The number of nitrogens with zero attached hydrogens (tertiary/aromatic N) is 2. The number of fused-ring (bicyclic) bond motifs is 1. The van der Waals surface area contributed by atoms with Crippen LogP contribution in [0.4, 0.5) is 4.79 Å². The van der Waals surface area contributed by atoms with Crippen LogP contribution < -0.4 is 5.32 Å². The number of nitrogens with one attached hydrogen (secondary N) is 1. The molecule has 4 amide bonds. The van der Waals surface area contributed by atoms with Crippen molar-refractivity contribution >= 4 is 23.8 Å². The number of ether oxygens (including phenoxy) is 1. The highest BCUT2D eigenvalue weighted by Crippen LogP contribution is 2.22. The van der Waals surface area contributed by atoms with Crippen molar-refractivity contribution in [1.82, 2.24) is 15.1 Å². The molecule has 0 aliphatic carbocycles. The number of likely N-dealkylation sites (N-methyl/N-ethyl adjacent to an activating group) is 1. The van der Waals surface area contributed by atoms with Crippen molar-refractivity contribution in [3.63, 3.8) is 0 Å². The van der Waals surface area contributed by atoms with Crippen LogP contribution in [0, 0.1) is 0 Å². The number of amides is 4. The first kappa shape index (κ1) is 21.4. The first-order valence-corrected chi connectivity index (χ1v) is 9.18. The zero-order chi connectivity index (χ0) is 21.1. The predicted octanol–water partition coefficient (Wildman–Crippen LogP) is 2.04. The van der Waals surface area contributed by atoms with Crippen LogP contribution in [0.3, 0.4) is 0 Å². The van der Waals surface area contributed by atoms with Gasteiger partial charge in [-0.05, 0) is 39.8 Å². The molecule has 1 aliphatic rings. The van der Waals surface area contributed by atoms with Gasteiger partial charge in [0.1, 0.15) is 5.60 Å². The summed E-state index contributed by atoms with van der Waals surface area (Å²) in [6, 6.07) is 6.29. The van der Waals surface area contributed by atoms with E-state index in [1.54, 1.807) is 59.0 Å². The number of carbonyl (C=O) groups excluding carboxylic acids is 4. The average Bonchev–Trinajstić information content (AvgIpc) is 2.82. The third-order valence-corrected chi connectivity index (χ3v) is 4.16. The van der Waals surface area contributed by atoms with Crippen molar-refractivity contribution in [3.8, 4) is 0 Å². The van der Waals surface area contributed by atoms with Crippen LogP contribution in [0.2, 0.25) is 0 Å². The smallest absolute Gasteiger partial charge is 0.407 e. The molecule has 1 atom stereocenters. The molecule has 1 aromatic rings. The molecule has 0 aromatic heterocycles. The van der Waals surface area contributed by atoms with Gasteiger partial charge >= 0.3 is 6.09 Å². The summed E-state index contributed by atoms with van der Waals surface area (Å²) in [6.07, 6.45) is -0.534. The van der Waals surface area contributed by atoms with Crippen LogP contribution in [-0.4, -0.2) is 65.4 Å². The molecule has 1 aliphatic heterocycles. The van der Waals surface area contributed by atoms with Gasteiger partial charge in [-0.25, -0.2) is 4.79 Å². The van der Waals surface area contributed by atoms with Gasteiger partial charge in [0.15, 0.2) is 0 Å². The largest absolute Gasteiger partial charge is 0.444 e. The van der Waals surface area contributed by atoms with Crippen molar-refractivity contribution in [2.24, 2.45) is 0 Å². The van der Waals surface area contributed by atoms with E-state index in [-0.39, 0.29) is 43.3 Å². The fourth-order valence-corrected chi connectivity index (χ4v) is 2.91. The molecule has 0 saturated carbocycles. The number of carbonyl (C=O) groups is 4. The molecule has 28 heavy (non-hydrogen) atoms. The van der Waals surface area contributed by atoms with Gasteiger partial charge in [0.05, 0.1) is 11.1 Å². The normalized spacial score (nSPS) is 14.5. The molecule has 8 nitrogen and oxygen atoms in total. The van der Waals surface area contributed by atoms with Crippen molar-refractivity contribution in [1.29, 1.82) is 0 Å². The predicted molar refractivity (Wildman–Crippen MR) is 103 cm³/mol. The number of hydrogen-bond donors (Lipinski definition) is 1. The Hall–Kier alpha value is -2.90. The summed E-state index contributed by atoms with van der Waals surface area (Å²) in [4.78, 5) is 51.3. The highest BCUT2D eigenvalue weighted by atomic mass is 16.6. The molecule has 8 heteroatoms. The number of rotatable bonds is 6. The van der Waals surface area contributed by atoms with E-state index in [9.17, 15) is 19.2 Å². The third-order valence-electron chi connectivity index (χ3n) is 4.16. The van der Waals surface area contributed by atoms with Gasteiger partial charge in [-0.1, -0.05) is 12.1 Å². The van der Waals surface area contributed by atoms with E-state index < -0.39 is 11.7 Å². The van der Waals surface area contributed by atoms with Gasteiger partial charge in [0, 0.05) is 32.6 Å². The summed E-state index contributed by atoms with van der Waals surface area (Å²) in [5.41, 5.74) is 0.129. The maximum atomic E-state index is 12.4. The Morgan fingerprint density at radius 3 is 2.18 bits per heavy atom. The van der Waals surface area contributed by atoms with Gasteiger partial charge in [0.25, 0.3) is 11.8 Å². The van der Waals surface area contributed by atoms with Gasteiger partial charge < -0.3 is 15.0 Å². The molecule has 1 aromatic carbocycles. The summed E-state index contributed by atoms with van der Waals surface area (Å²) in [6.45, 7) is 7.37. The molecule has 0 fully saturated rings. The van der Waals surface area contributed by atoms with E-state index >= 15 is 0 Å². The van der Waals surface area contributed by atoms with Crippen LogP contribution in [0.1, 0.15) is 54.8 Å². The molecule has 152 valence electrons. The Morgan fingerprint density at radius 2 is 1.68 bits per heavy atom. The molecule has 0 radical (unpaired) electrons. The number of benzene rings is 1. The Labute approximate surface area is 164 Å². The zero-order valence-corrected chi connectivity index (χ0v) is 16.9. The average molecular weight is 389 g/mol. The number of imide groups is 1. The third kappa shape index (κ3) is 5.31. The zero-order valence-electron chi connectivity index (χ0n) is 16.9. The Balaban J connectivity index is 1.82. The first-order chi connectivity index (χ1) is 13.0. The summed E-state index contributed by atoms with van der Waals surface area (Å²) in [7, 11) is 1.61. The second kappa shape index (κ2) is 8.41. The quantitative estimate of drug-likeness (QED) is 0.751. The minimum atomic E-state index is -0.599. The second-order valence-corrected chi connectivity index (χ2v) is 7.88. The Bertz CT molecular complexity index is 749. The van der Waals surface area contributed by atoms with E-state index in [4.69, 9.17) is 4.74 Å². The van der Waals surface area contributed by atoms with Gasteiger partial charge in [-0.2, -0.15) is 0 Å². The summed E-state index contributed by atoms with van der Waals surface area (Å²) in [5, 5.41) is 2.67. The molecule has 2 rings (SSSR count). The molecular weight excluding hydrogens is 362 g/mol. The van der Waals surface area contributed by atoms with E-state index in [1.807, 2.05) is 0 Å². The lowest BCUT2D eigenvalue weighted by atomic mass is 10.1. The van der Waals surface area contributed by atoms with Crippen molar-refractivity contribution in [2.45, 2.75) is 45.8 Å². The molecule has 1 heterocycles. The first-order valence-electron chi connectivity index (χ1n) is 9.18. The lowest BCUT2D eigenvalue weighted by molar-refractivity contribution is -0.130. The summed E-state index contributed by atoms with van der Waals surface area (Å²) in [5.74, 6) is -0.985. The number of alkyl carbamates (subject to hydrolysis) is 1. The minimum absolute atomic E-state index is 0.0150. The van der Waals surface area contributed by atoms with E-state index in [0.717, 1.165) is 4.90 Å². The molecule has 0 bridgehead atoms. The van der Waals surface area contributed by atoms with Crippen molar-refractivity contribution in [2.75, 3.05) is 20.1 Å². The topological polar surface area (TPSA) is 96.0 Å². The Morgan fingerprint density at radius 1 is 1.14 bits per heavy atom. The van der Waals surface area contributed by atoms with Gasteiger partial charge in [0.2, 0.25) is 5.91 Å². The maximum absolute atomic E-state index is 12.4. The van der Waals surface area contributed by atoms with Crippen LogP contribution >= 0.6 is 0 Å². The molecule has 0 saturated heterocycles. The highest BCUT2D eigenvalue weighted by molar-refractivity contribution is 6.21. The van der Waals surface area contributed by atoms with Crippen LogP contribution in [-0.2, 0) is 9.53 Å². The van der Waals surface area contributed by atoms with E-state index in [0.29, 0.717) is 11.1 Å². The van der Waals surface area contributed by atoms with E-state index in [1.165, 1.54) is 4.90 Å². The summed E-state index contributed by atoms with van der Waals surface area (Å²) < 4.78 is 5.18. The standard InChI is InChI=1S/C20H27N3O5/c1-13(21-19(27)28-20(2,3)4)12-22(5)16(24)10-11-23-17(25)14-8-6-7-9-15(14)18(23)26/h6-9,13H,10-12H2,1-5H3,(H,21,27)/t13-/m0/s1. The second-order valence-electron chi connectivity index (χ2n) is 7.88. The molecule has 0 spiro atoms. The highest BCUT2D eigenvalue weighted by Gasteiger charge is 2.35.